The van der Waals surface area contributed by atoms with Gasteiger partial charge in [-0.05, 0) is 47.5 Å². The van der Waals surface area contributed by atoms with Gasteiger partial charge < -0.3 is 25.0 Å². The first-order valence-corrected chi connectivity index (χ1v) is 16.3. The SMILES string of the molecule is C=CCN1CCN(c2cc(OC)c(Nc3cc(N4OCC[C@@H]4c4cc(F)cc(OCc5cccc(F)c5)c4)ncn3)cc2NC(=O)C=C)CC1. The lowest BCUT2D eigenvalue weighted by atomic mass is 10.0. The Bertz CT molecular complexity index is 1850. The van der Waals surface area contributed by atoms with E-state index in [1.807, 2.05) is 12.1 Å². The summed E-state index contributed by atoms with van der Waals surface area (Å²) in [4.78, 5) is 31.8. The van der Waals surface area contributed by atoms with Gasteiger partial charge in [0.05, 0.1) is 36.8 Å². The van der Waals surface area contributed by atoms with Crippen LogP contribution in [0.5, 0.6) is 11.5 Å². The Balaban J connectivity index is 1.22. The molecular formula is C37H39F2N7O4. The van der Waals surface area contributed by atoms with Crippen molar-refractivity contribution >= 4 is 34.6 Å². The van der Waals surface area contributed by atoms with E-state index in [2.05, 4.69) is 43.6 Å². The molecule has 6 rings (SSSR count). The number of piperazine rings is 1. The maximum absolute atomic E-state index is 14.8. The molecule has 2 aliphatic heterocycles. The number of benzene rings is 3. The van der Waals surface area contributed by atoms with Crippen LogP contribution in [0.2, 0.25) is 0 Å². The molecule has 1 aromatic heterocycles. The minimum Gasteiger partial charge on any atom is -0.494 e. The summed E-state index contributed by atoms with van der Waals surface area (Å²) in [7, 11) is 1.58. The predicted molar refractivity (Wildman–Crippen MR) is 189 cm³/mol. The second-order valence-corrected chi connectivity index (χ2v) is 11.8. The van der Waals surface area contributed by atoms with E-state index in [0.717, 1.165) is 38.4 Å². The van der Waals surface area contributed by atoms with Crippen LogP contribution in [-0.2, 0) is 16.2 Å². The first-order valence-electron chi connectivity index (χ1n) is 16.3. The van der Waals surface area contributed by atoms with E-state index in [9.17, 15) is 13.6 Å². The predicted octanol–water partition coefficient (Wildman–Crippen LogP) is 6.40. The Labute approximate surface area is 289 Å². The molecule has 3 aromatic carbocycles. The highest BCUT2D eigenvalue weighted by molar-refractivity contribution is 6.02. The standard InChI is InChI=1S/C37H39F2N7O4/c1-4-10-44-11-13-45(14-12-44)33-21-34(48-3)31(20-30(33)43-37(47)5-2)42-35-22-36(41-24-40-35)46-32(9-15-50-46)26-17-28(39)19-29(18-26)49-23-25-7-6-8-27(38)16-25/h4-8,16-22,24,32H,1-2,9-15,23H2,3H3,(H,43,47)(H,40,41,42)/t32-/m1/s1. The summed E-state index contributed by atoms with van der Waals surface area (Å²) in [5, 5.41) is 7.87. The molecule has 0 spiro atoms. The van der Waals surface area contributed by atoms with E-state index < -0.39 is 5.82 Å². The monoisotopic (exact) mass is 683 g/mol. The summed E-state index contributed by atoms with van der Waals surface area (Å²) in [6, 6.07) is 15.6. The smallest absolute Gasteiger partial charge is 0.247 e. The number of hydroxylamine groups is 1. The maximum atomic E-state index is 14.8. The molecule has 0 radical (unpaired) electrons. The zero-order valence-corrected chi connectivity index (χ0v) is 27.8. The van der Waals surface area contributed by atoms with Gasteiger partial charge in [0.2, 0.25) is 5.91 Å². The van der Waals surface area contributed by atoms with E-state index in [4.69, 9.17) is 14.3 Å². The average Bonchev–Trinajstić information content (AvgIpc) is 3.62. The number of halogens is 2. The molecule has 1 atom stereocenters. The third-order valence-corrected chi connectivity index (χ3v) is 8.48. The zero-order chi connectivity index (χ0) is 35.0. The zero-order valence-electron chi connectivity index (χ0n) is 27.8. The van der Waals surface area contributed by atoms with Crippen molar-refractivity contribution in [2.24, 2.45) is 0 Å². The topological polar surface area (TPSA) is 104 Å². The van der Waals surface area contributed by atoms with Crippen molar-refractivity contribution in [3.05, 3.63) is 115 Å². The third kappa shape index (κ3) is 8.18. The van der Waals surface area contributed by atoms with Gasteiger partial charge in [-0.1, -0.05) is 24.8 Å². The van der Waals surface area contributed by atoms with Crippen LogP contribution >= 0.6 is 0 Å². The number of carbonyl (C=O) groups excluding carboxylic acids is 1. The second-order valence-electron chi connectivity index (χ2n) is 11.8. The number of anilines is 5. The summed E-state index contributed by atoms with van der Waals surface area (Å²) in [5.41, 5.74) is 3.25. The lowest BCUT2D eigenvalue weighted by Gasteiger charge is -2.36. The molecular weight excluding hydrogens is 644 g/mol. The molecule has 13 heteroatoms. The van der Waals surface area contributed by atoms with E-state index in [1.54, 1.807) is 42.5 Å². The molecule has 11 nitrogen and oxygen atoms in total. The summed E-state index contributed by atoms with van der Waals surface area (Å²) in [6.07, 6.45) is 5.10. The van der Waals surface area contributed by atoms with E-state index in [-0.39, 0.29) is 24.4 Å². The molecule has 50 heavy (non-hydrogen) atoms. The second kappa shape index (κ2) is 15.8. The number of aromatic nitrogens is 2. The number of methoxy groups -OCH3 is 1. The Hall–Kier alpha value is -5.53. The van der Waals surface area contributed by atoms with E-state index in [1.165, 1.54) is 36.7 Å². The van der Waals surface area contributed by atoms with Gasteiger partial charge in [-0.15, -0.1) is 6.58 Å². The van der Waals surface area contributed by atoms with Gasteiger partial charge in [0.1, 0.15) is 41.9 Å². The molecule has 0 bridgehead atoms. The average molecular weight is 684 g/mol. The van der Waals surface area contributed by atoms with Crippen LogP contribution in [0.15, 0.2) is 92.3 Å². The lowest BCUT2D eigenvalue weighted by molar-refractivity contribution is -0.111. The molecule has 4 aromatic rings. The van der Waals surface area contributed by atoms with Gasteiger partial charge in [0, 0.05) is 57.3 Å². The summed E-state index contributed by atoms with van der Waals surface area (Å²) in [6.45, 7) is 12.0. The van der Waals surface area contributed by atoms with Gasteiger partial charge in [-0.25, -0.2) is 23.8 Å². The quantitative estimate of drug-likeness (QED) is 0.122. The number of nitrogens with one attached hydrogen (secondary N) is 2. The first-order chi connectivity index (χ1) is 24.3. The molecule has 2 saturated heterocycles. The third-order valence-electron chi connectivity index (χ3n) is 8.48. The van der Waals surface area contributed by atoms with Crippen molar-refractivity contribution in [2.45, 2.75) is 19.1 Å². The molecule has 0 aliphatic carbocycles. The van der Waals surface area contributed by atoms with Crippen LogP contribution in [0.25, 0.3) is 0 Å². The van der Waals surface area contributed by atoms with Crippen LogP contribution in [-0.4, -0.2) is 67.2 Å². The largest absolute Gasteiger partial charge is 0.494 e. The fraction of sp³-hybridized carbons (Fsp3) is 0.270. The van der Waals surface area contributed by atoms with Crippen molar-refractivity contribution in [1.82, 2.24) is 14.9 Å². The van der Waals surface area contributed by atoms with E-state index >= 15 is 0 Å². The van der Waals surface area contributed by atoms with Gasteiger partial charge in [-0.2, -0.15) is 0 Å². The number of carbonyl (C=O) groups is 1. The molecule has 2 fully saturated rings. The summed E-state index contributed by atoms with van der Waals surface area (Å²) < 4.78 is 40.1. The van der Waals surface area contributed by atoms with Crippen molar-refractivity contribution in [3.8, 4) is 11.5 Å². The molecule has 2 N–H and O–H groups in total. The number of nitrogens with zero attached hydrogens (tertiary/aromatic N) is 5. The van der Waals surface area contributed by atoms with Crippen LogP contribution in [0.1, 0.15) is 23.6 Å². The van der Waals surface area contributed by atoms with Crippen LogP contribution < -0.4 is 30.1 Å². The Morgan fingerprint density at radius 2 is 1.86 bits per heavy atom. The summed E-state index contributed by atoms with van der Waals surface area (Å²) >= 11 is 0. The fourth-order valence-corrected chi connectivity index (χ4v) is 6.06. The molecule has 2 aliphatic rings. The normalized spacial score (nSPS) is 16.2. The number of hydrogen-bond donors (Lipinski definition) is 2. The molecule has 260 valence electrons. The molecule has 0 saturated carbocycles. The first kappa shape index (κ1) is 34.3. The minimum absolute atomic E-state index is 0.0856. The highest BCUT2D eigenvalue weighted by Gasteiger charge is 2.30. The highest BCUT2D eigenvalue weighted by Crippen LogP contribution is 2.40. The van der Waals surface area contributed by atoms with Crippen molar-refractivity contribution in [3.63, 3.8) is 0 Å². The van der Waals surface area contributed by atoms with Crippen molar-refractivity contribution in [1.29, 1.82) is 0 Å². The fourth-order valence-electron chi connectivity index (χ4n) is 6.06. The van der Waals surface area contributed by atoms with Crippen LogP contribution in [0.3, 0.4) is 0 Å². The van der Waals surface area contributed by atoms with Gasteiger partial charge in [0.15, 0.2) is 5.82 Å². The maximum Gasteiger partial charge on any atom is 0.247 e. The number of ether oxygens (including phenoxy) is 2. The Morgan fingerprint density at radius 1 is 1.02 bits per heavy atom. The number of amides is 1. The number of rotatable bonds is 13. The molecule has 0 unspecified atom stereocenters. The Morgan fingerprint density at radius 3 is 2.62 bits per heavy atom. The van der Waals surface area contributed by atoms with Crippen molar-refractivity contribution in [2.75, 3.05) is 67.0 Å². The van der Waals surface area contributed by atoms with Crippen LogP contribution in [0, 0.1) is 11.6 Å². The van der Waals surface area contributed by atoms with Gasteiger partial charge in [-0.3, -0.25) is 14.5 Å². The highest BCUT2D eigenvalue weighted by atomic mass is 19.1. The Kier molecular flexibility index (Phi) is 10.8. The van der Waals surface area contributed by atoms with Crippen LogP contribution in [0.4, 0.5) is 37.5 Å². The molecule has 3 heterocycles. The number of hydrogen-bond acceptors (Lipinski definition) is 10. The lowest BCUT2D eigenvalue weighted by Crippen LogP contribution is -2.46. The van der Waals surface area contributed by atoms with Crippen molar-refractivity contribution < 1.29 is 27.9 Å². The molecule has 1 amide bonds. The van der Waals surface area contributed by atoms with E-state index in [0.29, 0.717) is 58.7 Å². The van der Waals surface area contributed by atoms with Gasteiger partial charge >= 0.3 is 0 Å². The minimum atomic E-state index is -0.470. The van der Waals surface area contributed by atoms with Gasteiger partial charge in [0.25, 0.3) is 0 Å². The summed E-state index contributed by atoms with van der Waals surface area (Å²) in [5.74, 6) is 0.571.